The van der Waals surface area contributed by atoms with E-state index in [1.807, 2.05) is 34.9 Å². The molecule has 1 saturated heterocycles. The van der Waals surface area contributed by atoms with E-state index >= 15 is 0 Å². The number of pyridine rings is 1. The SMILES string of the molecule is CO[C@@H]1C[C@H](CNC(=O)c2cn3ccccc3n2)N(c2ccncn2)C1. The summed E-state index contributed by atoms with van der Waals surface area (Å²) in [6.45, 7) is 1.24. The molecule has 134 valence electrons. The van der Waals surface area contributed by atoms with E-state index in [4.69, 9.17) is 4.74 Å². The molecule has 1 aliphatic heterocycles. The number of fused-ring (bicyclic) bond motifs is 1. The van der Waals surface area contributed by atoms with Crippen LogP contribution in [0, 0.1) is 0 Å². The molecule has 0 spiro atoms. The number of hydrogen-bond acceptors (Lipinski definition) is 6. The quantitative estimate of drug-likeness (QED) is 0.741. The van der Waals surface area contributed by atoms with Crippen molar-refractivity contribution in [2.24, 2.45) is 0 Å². The van der Waals surface area contributed by atoms with Crippen LogP contribution in [0.1, 0.15) is 16.9 Å². The second kappa shape index (κ2) is 7.09. The molecule has 4 rings (SSSR count). The van der Waals surface area contributed by atoms with Crippen LogP contribution < -0.4 is 10.2 Å². The van der Waals surface area contributed by atoms with Gasteiger partial charge in [-0.1, -0.05) is 6.07 Å². The Morgan fingerprint density at radius 1 is 1.38 bits per heavy atom. The maximum absolute atomic E-state index is 12.5. The van der Waals surface area contributed by atoms with E-state index in [9.17, 15) is 4.79 Å². The van der Waals surface area contributed by atoms with Crippen LogP contribution >= 0.6 is 0 Å². The lowest BCUT2D eigenvalue weighted by molar-refractivity contribution is 0.0942. The molecule has 0 aliphatic carbocycles. The molecule has 8 nitrogen and oxygen atoms in total. The average Bonchev–Trinajstić information content (AvgIpc) is 3.30. The monoisotopic (exact) mass is 352 g/mol. The van der Waals surface area contributed by atoms with Crippen LogP contribution in [-0.2, 0) is 4.74 Å². The number of nitrogens with one attached hydrogen (secondary N) is 1. The number of carbonyl (C=O) groups excluding carboxylic acids is 1. The average molecular weight is 352 g/mol. The van der Waals surface area contributed by atoms with Crippen molar-refractivity contribution in [2.45, 2.75) is 18.6 Å². The summed E-state index contributed by atoms with van der Waals surface area (Å²) in [5.41, 5.74) is 1.16. The van der Waals surface area contributed by atoms with Crippen molar-refractivity contribution in [2.75, 3.05) is 25.1 Å². The minimum Gasteiger partial charge on any atom is -0.380 e. The highest BCUT2D eigenvalue weighted by molar-refractivity contribution is 5.92. The molecule has 0 radical (unpaired) electrons. The summed E-state index contributed by atoms with van der Waals surface area (Å²) in [4.78, 5) is 27.3. The van der Waals surface area contributed by atoms with E-state index in [0.29, 0.717) is 12.2 Å². The van der Waals surface area contributed by atoms with E-state index in [-0.39, 0.29) is 18.1 Å². The van der Waals surface area contributed by atoms with Crippen molar-refractivity contribution in [3.8, 4) is 0 Å². The molecule has 26 heavy (non-hydrogen) atoms. The van der Waals surface area contributed by atoms with Gasteiger partial charge in [0.2, 0.25) is 0 Å². The topological polar surface area (TPSA) is 84.6 Å². The first-order chi connectivity index (χ1) is 12.7. The molecule has 2 atom stereocenters. The van der Waals surface area contributed by atoms with Gasteiger partial charge in [0.15, 0.2) is 0 Å². The second-order valence-electron chi connectivity index (χ2n) is 6.27. The molecule has 0 saturated carbocycles. The highest BCUT2D eigenvalue weighted by atomic mass is 16.5. The third-order valence-electron chi connectivity index (χ3n) is 4.66. The zero-order valence-corrected chi connectivity index (χ0v) is 14.4. The van der Waals surface area contributed by atoms with Gasteiger partial charge in [-0.3, -0.25) is 4.79 Å². The summed E-state index contributed by atoms with van der Waals surface area (Å²) in [5.74, 6) is 0.656. The standard InChI is InChI=1S/C18H20N6O2/c1-26-14-8-13(24(10-14)16-5-6-19-12-21-16)9-20-18(25)15-11-23-7-3-2-4-17(23)22-15/h2-7,11-14H,8-10H2,1H3,(H,20,25)/t13-,14-/m1/s1. The number of ether oxygens (including phenoxy) is 1. The van der Waals surface area contributed by atoms with E-state index in [2.05, 4.69) is 25.2 Å². The lowest BCUT2D eigenvalue weighted by Crippen LogP contribution is -2.40. The Kier molecular flexibility index (Phi) is 4.49. The van der Waals surface area contributed by atoms with Crippen molar-refractivity contribution in [3.05, 3.63) is 54.9 Å². The Morgan fingerprint density at radius 3 is 3.08 bits per heavy atom. The Balaban J connectivity index is 1.45. The van der Waals surface area contributed by atoms with Gasteiger partial charge < -0.3 is 19.4 Å². The van der Waals surface area contributed by atoms with Gasteiger partial charge in [-0.2, -0.15) is 0 Å². The molecule has 0 unspecified atom stereocenters. The van der Waals surface area contributed by atoms with E-state index in [1.54, 1.807) is 19.5 Å². The van der Waals surface area contributed by atoms with Crippen LogP contribution in [0.5, 0.6) is 0 Å². The Labute approximate surface area is 150 Å². The molecule has 1 N–H and O–H groups in total. The summed E-state index contributed by atoms with van der Waals surface area (Å²) in [6.07, 6.45) is 7.79. The van der Waals surface area contributed by atoms with Crippen LogP contribution in [-0.4, -0.2) is 57.6 Å². The van der Waals surface area contributed by atoms with Crippen molar-refractivity contribution < 1.29 is 9.53 Å². The van der Waals surface area contributed by atoms with Crippen LogP contribution in [0.4, 0.5) is 5.82 Å². The third-order valence-corrected chi connectivity index (χ3v) is 4.66. The molecular formula is C18H20N6O2. The molecule has 1 amide bonds. The molecule has 0 aromatic carbocycles. The van der Waals surface area contributed by atoms with Gasteiger partial charge in [0, 0.05) is 38.8 Å². The van der Waals surface area contributed by atoms with Crippen molar-refractivity contribution >= 4 is 17.4 Å². The molecular weight excluding hydrogens is 332 g/mol. The number of nitrogens with zero attached hydrogens (tertiary/aromatic N) is 5. The molecule has 8 heteroatoms. The number of carbonyl (C=O) groups is 1. The van der Waals surface area contributed by atoms with Crippen LogP contribution in [0.15, 0.2) is 49.2 Å². The van der Waals surface area contributed by atoms with Crippen molar-refractivity contribution in [1.29, 1.82) is 0 Å². The van der Waals surface area contributed by atoms with Crippen molar-refractivity contribution in [3.63, 3.8) is 0 Å². The first kappa shape index (κ1) is 16.5. The van der Waals surface area contributed by atoms with Gasteiger partial charge >= 0.3 is 0 Å². The van der Waals surface area contributed by atoms with E-state index < -0.39 is 0 Å². The fourth-order valence-electron chi connectivity index (χ4n) is 3.32. The number of rotatable bonds is 5. The first-order valence-electron chi connectivity index (χ1n) is 8.52. The third kappa shape index (κ3) is 3.23. The van der Waals surface area contributed by atoms with E-state index in [1.165, 1.54) is 6.33 Å². The fourth-order valence-corrected chi connectivity index (χ4v) is 3.32. The predicted molar refractivity (Wildman–Crippen MR) is 96.1 cm³/mol. The van der Waals surface area contributed by atoms with Gasteiger partial charge in [-0.25, -0.2) is 15.0 Å². The van der Waals surface area contributed by atoms with Crippen LogP contribution in [0.2, 0.25) is 0 Å². The molecule has 4 heterocycles. The van der Waals surface area contributed by atoms with Gasteiger partial charge in [0.25, 0.3) is 5.91 Å². The number of amides is 1. The minimum absolute atomic E-state index is 0.107. The summed E-state index contributed by atoms with van der Waals surface area (Å²) in [6, 6.07) is 7.64. The number of methoxy groups -OCH3 is 1. The zero-order chi connectivity index (χ0) is 17.9. The summed E-state index contributed by atoms with van der Waals surface area (Å²) in [7, 11) is 1.71. The summed E-state index contributed by atoms with van der Waals surface area (Å²) in [5, 5.41) is 2.99. The maximum Gasteiger partial charge on any atom is 0.271 e. The number of anilines is 1. The minimum atomic E-state index is -0.183. The van der Waals surface area contributed by atoms with Crippen molar-refractivity contribution in [1.82, 2.24) is 24.7 Å². The largest absolute Gasteiger partial charge is 0.380 e. The fraction of sp³-hybridized carbons (Fsp3) is 0.333. The molecule has 1 aliphatic rings. The number of imidazole rings is 1. The highest BCUT2D eigenvalue weighted by Gasteiger charge is 2.33. The highest BCUT2D eigenvalue weighted by Crippen LogP contribution is 2.24. The van der Waals surface area contributed by atoms with Crippen LogP contribution in [0.3, 0.4) is 0 Å². The molecule has 0 bridgehead atoms. The van der Waals surface area contributed by atoms with Gasteiger partial charge in [-0.15, -0.1) is 0 Å². The van der Waals surface area contributed by atoms with Gasteiger partial charge in [0.1, 0.15) is 23.5 Å². The predicted octanol–water partition coefficient (Wildman–Crippen LogP) is 1.15. The van der Waals surface area contributed by atoms with E-state index in [0.717, 1.165) is 24.4 Å². The number of hydrogen-bond donors (Lipinski definition) is 1. The van der Waals surface area contributed by atoms with Gasteiger partial charge in [0.05, 0.1) is 12.1 Å². The first-order valence-corrected chi connectivity index (χ1v) is 8.52. The summed E-state index contributed by atoms with van der Waals surface area (Å²) < 4.78 is 7.34. The smallest absolute Gasteiger partial charge is 0.271 e. The lowest BCUT2D eigenvalue weighted by Gasteiger charge is -2.25. The maximum atomic E-state index is 12.5. The Bertz CT molecular complexity index is 864. The molecule has 3 aromatic heterocycles. The Morgan fingerprint density at radius 2 is 2.31 bits per heavy atom. The normalized spacial score (nSPS) is 19.8. The lowest BCUT2D eigenvalue weighted by atomic mass is 10.2. The van der Waals surface area contributed by atoms with Crippen LogP contribution in [0.25, 0.3) is 5.65 Å². The molecule has 3 aromatic rings. The molecule has 1 fully saturated rings. The summed E-state index contributed by atoms with van der Waals surface area (Å²) >= 11 is 0. The zero-order valence-electron chi connectivity index (χ0n) is 14.4. The van der Waals surface area contributed by atoms with Gasteiger partial charge in [-0.05, 0) is 24.6 Å². The second-order valence-corrected chi connectivity index (χ2v) is 6.27. The Hall–Kier alpha value is -3.00. The number of aromatic nitrogens is 4.